The molecule has 0 saturated carbocycles. The Morgan fingerprint density at radius 3 is 2.54 bits per heavy atom. The predicted octanol–water partition coefficient (Wildman–Crippen LogP) is 5.07. The molecule has 8 heteroatoms. The third-order valence-electron chi connectivity index (χ3n) is 4.20. The first-order chi connectivity index (χ1) is 11.3. The third-order valence-corrected chi connectivity index (χ3v) is 5.49. The number of aromatic nitrogens is 1. The lowest BCUT2D eigenvalue weighted by molar-refractivity contribution is -0.358. The van der Waals surface area contributed by atoms with Gasteiger partial charge in [-0.1, -0.05) is 6.07 Å². The Balaban J connectivity index is 2.12. The molecule has 0 fully saturated rings. The lowest BCUT2D eigenvalue weighted by Gasteiger charge is -2.32. The lowest BCUT2D eigenvalue weighted by atomic mass is 9.86. The summed E-state index contributed by atoms with van der Waals surface area (Å²) in [7, 11) is 0. The van der Waals surface area contributed by atoms with Gasteiger partial charge in [0.15, 0.2) is 5.70 Å². The van der Waals surface area contributed by atoms with Gasteiger partial charge in [-0.3, -0.25) is 0 Å². The van der Waals surface area contributed by atoms with E-state index in [1.165, 1.54) is 12.1 Å². The first-order valence-electron chi connectivity index (χ1n) is 7.22. The fourth-order valence-electron chi connectivity index (χ4n) is 3.31. The van der Waals surface area contributed by atoms with Crippen molar-refractivity contribution in [3.63, 3.8) is 0 Å². The van der Waals surface area contributed by atoms with Gasteiger partial charge in [0.25, 0.3) is 0 Å². The van der Waals surface area contributed by atoms with Gasteiger partial charge in [-0.15, -0.1) is 0 Å². The number of benzene rings is 1. The number of hydrogen-bond acceptors (Lipinski definition) is 0. The van der Waals surface area contributed by atoms with Crippen LogP contribution in [0, 0.1) is 12.7 Å². The Morgan fingerprint density at radius 1 is 1.08 bits per heavy atom. The molecule has 0 N–H and O–H groups in total. The molecule has 0 unspecified atom stereocenters. The quantitative estimate of drug-likeness (QED) is 0.528. The topological polar surface area (TPSA) is 7.94 Å². The fourth-order valence-corrected chi connectivity index (χ4v) is 4.45. The normalized spacial score (nSPS) is 18.2. The summed E-state index contributed by atoms with van der Waals surface area (Å²) in [6.45, 7) is -2.28. The zero-order chi connectivity index (χ0) is 17.2. The van der Waals surface area contributed by atoms with Crippen LogP contribution in [0.3, 0.4) is 0 Å². The number of halogens is 5. The minimum absolute atomic E-state index is 0.277. The molecule has 0 atom stereocenters. The molecule has 24 heavy (non-hydrogen) atoms. The number of hydrogen-bond donors (Lipinski definition) is 0. The number of fused-ring (bicyclic) bond motifs is 2. The van der Waals surface area contributed by atoms with Crippen molar-refractivity contribution in [2.24, 2.45) is 0 Å². The van der Waals surface area contributed by atoms with Gasteiger partial charge < -0.3 is 17.6 Å². The monoisotopic (exact) mass is 456 g/mol. The van der Waals surface area contributed by atoms with Gasteiger partial charge in [-0.2, -0.15) is 0 Å². The zero-order valence-corrected chi connectivity index (χ0v) is 15.6. The van der Waals surface area contributed by atoms with E-state index in [-0.39, 0.29) is 9.22 Å². The van der Waals surface area contributed by atoms with Crippen molar-refractivity contribution in [2.45, 2.75) is 6.92 Å². The van der Waals surface area contributed by atoms with Crippen molar-refractivity contribution < 1.29 is 17.5 Å². The molecule has 2 aromatic rings. The Hall–Kier alpha value is -1.54. The van der Waals surface area contributed by atoms with Gasteiger partial charge in [0.05, 0.1) is 10.2 Å². The van der Waals surface area contributed by atoms with Crippen LogP contribution in [0.4, 0.5) is 13.0 Å². The molecule has 2 aliphatic rings. The Morgan fingerprint density at radius 2 is 1.83 bits per heavy atom. The molecule has 0 saturated heterocycles. The van der Waals surface area contributed by atoms with E-state index in [4.69, 9.17) is 0 Å². The molecule has 2 aliphatic heterocycles. The van der Waals surface area contributed by atoms with Gasteiger partial charge in [-0.05, 0) is 58.2 Å². The van der Waals surface area contributed by atoms with Crippen molar-refractivity contribution in [1.82, 2.24) is 4.48 Å². The number of nitrogens with zero attached hydrogens (tertiary/aromatic N) is 2. The molecule has 0 radical (unpaired) electrons. The van der Waals surface area contributed by atoms with Gasteiger partial charge in [-0.25, -0.2) is 4.39 Å². The van der Waals surface area contributed by atoms with Crippen molar-refractivity contribution in [2.75, 3.05) is 0 Å². The van der Waals surface area contributed by atoms with Crippen LogP contribution in [0.15, 0.2) is 52.8 Å². The van der Waals surface area contributed by atoms with Crippen LogP contribution in [-0.4, -0.2) is 20.6 Å². The van der Waals surface area contributed by atoms with E-state index in [1.54, 1.807) is 37.3 Å². The first-order valence-corrected chi connectivity index (χ1v) is 8.80. The smallest absolute Gasteiger partial charge is 0.389 e. The highest BCUT2D eigenvalue weighted by Crippen LogP contribution is 2.42. The van der Waals surface area contributed by atoms with Gasteiger partial charge in [0.1, 0.15) is 5.82 Å². The Labute approximate surface area is 153 Å². The zero-order valence-electron chi connectivity index (χ0n) is 12.4. The van der Waals surface area contributed by atoms with E-state index in [1.807, 2.05) is 0 Å². The average Bonchev–Trinajstić information content (AvgIpc) is 3.03. The highest BCUT2D eigenvalue weighted by atomic mass is 79.9. The van der Waals surface area contributed by atoms with E-state index in [0.29, 0.717) is 22.5 Å². The number of allylic oxidation sites excluding steroid dienone is 2. The summed E-state index contributed by atoms with van der Waals surface area (Å²) in [6.07, 6.45) is 3.21. The summed E-state index contributed by atoms with van der Waals surface area (Å²) in [5.74, 6) is -0.394. The van der Waals surface area contributed by atoms with E-state index in [2.05, 4.69) is 31.9 Å². The maximum Gasteiger partial charge on any atom is 0.738 e. The molecule has 0 aliphatic carbocycles. The van der Waals surface area contributed by atoms with Crippen LogP contribution < -0.4 is 0 Å². The minimum atomic E-state index is -4.06. The fraction of sp³-hybridized carbons (Fsp3) is 0.0625. The molecule has 122 valence electrons. The third kappa shape index (κ3) is 2.12. The molecule has 2 nitrogen and oxygen atoms in total. The maximum atomic E-state index is 15.1. The summed E-state index contributed by atoms with van der Waals surface area (Å²) in [5.41, 5.74) is 2.58. The largest absolute Gasteiger partial charge is 0.738 e. The Bertz CT molecular complexity index is 969. The van der Waals surface area contributed by atoms with Crippen molar-refractivity contribution in [1.29, 1.82) is 0 Å². The molecule has 0 spiro atoms. The van der Waals surface area contributed by atoms with Crippen LogP contribution in [0.25, 0.3) is 5.57 Å². The van der Waals surface area contributed by atoms with Crippen molar-refractivity contribution >= 4 is 49.0 Å². The summed E-state index contributed by atoms with van der Waals surface area (Å²) in [6, 6.07) is 7.78. The molecular formula is C16H10BBr2F3N2. The van der Waals surface area contributed by atoms with Crippen LogP contribution in [-0.2, 0) is 0 Å². The van der Waals surface area contributed by atoms with Crippen molar-refractivity contribution in [3.05, 3.63) is 75.4 Å². The van der Waals surface area contributed by atoms with Crippen LogP contribution in [0.2, 0.25) is 0 Å². The first kappa shape index (κ1) is 16.0. The molecule has 0 bridgehead atoms. The second-order valence-electron chi connectivity index (χ2n) is 5.80. The van der Waals surface area contributed by atoms with Gasteiger partial charge in [0.2, 0.25) is 4.62 Å². The number of aryl methyl sites for hydroxylation is 1. The summed E-state index contributed by atoms with van der Waals surface area (Å²) in [5, 5.41) is 0. The van der Waals surface area contributed by atoms with Crippen molar-refractivity contribution in [3.8, 4) is 0 Å². The predicted molar refractivity (Wildman–Crippen MR) is 96.0 cm³/mol. The number of rotatable bonds is 1. The summed E-state index contributed by atoms with van der Waals surface area (Å²) >= 11 is 6.41. The molecule has 1 aromatic heterocycles. The maximum absolute atomic E-state index is 15.1. The second kappa shape index (κ2) is 5.23. The van der Waals surface area contributed by atoms with Crippen LogP contribution in [0.5, 0.6) is 0 Å². The summed E-state index contributed by atoms with van der Waals surface area (Å²) in [4.78, 5) is 0. The molecule has 3 heterocycles. The molecule has 1 aromatic carbocycles. The standard InChI is InChI=1S/C16H10BBr2F3N2/c1-9-6-10(8-11(20)7-9)16-12-2-4-14(18)23(12)17(21,22)24-13(16)3-5-15(24)19/h2-8H,1H3. The lowest BCUT2D eigenvalue weighted by Crippen LogP contribution is -2.50. The highest BCUT2D eigenvalue weighted by Gasteiger charge is 2.54. The Kier molecular flexibility index (Phi) is 3.48. The minimum Gasteiger partial charge on any atom is -0.389 e. The van der Waals surface area contributed by atoms with Crippen LogP contribution in [0.1, 0.15) is 16.8 Å². The van der Waals surface area contributed by atoms with E-state index in [9.17, 15) is 4.39 Å². The molecular weight excluding hydrogens is 448 g/mol. The van der Waals surface area contributed by atoms with E-state index in [0.717, 1.165) is 14.5 Å². The molecule has 0 amide bonds. The average molecular weight is 458 g/mol. The van der Waals surface area contributed by atoms with Gasteiger partial charge >= 0.3 is 6.97 Å². The highest BCUT2D eigenvalue weighted by molar-refractivity contribution is 9.18. The van der Waals surface area contributed by atoms with Crippen LogP contribution >= 0.6 is 31.9 Å². The van der Waals surface area contributed by atoms with E-state index < -0.39 is 12.8 Å². The molecule has 4 rings (SSSR count). The SMILES string of the molecule is Cc1cc(F)cc(C2=C3C=CC(Br)=[N+]3[B-](F)(F)n3c(Br)ccc32)c1. The van der Waals surface area contributed by atoms with Gasteiger partial charge in [0, 0.05) is 33.8 Å². The summed E-state index contributed by atoms with van der Waals surface area (Å²) < 4.78 is 46.5. The van der Waals surface area contributed by atoms with E-state index >= 15 is 8.63 Å². The second-order valence-corrected chi connectivity index (χ2v) is 7.43.